The fourth-order valence-corrected chi connectivity index (χ4v) is 4.67. The van der Waals surface area contributed by atoms with Crippen LogP contribution in [0.3, 0.4) is 0 Å². The highest BCUT2D eigenvalue weighted by Gasteiger charge is 2.15. The second-order valence-corrected chi connectivity index (χ2v) is 9.09. The molecule has 1 aliphatic heterocycles. The largest absolute Gasteiger partial charge is 0.379 e. The van der Waals surface area contributed by atoms with E-state index in [0.29, 0.717) is 33.9 Å². The molecule has 34 heavy (non-hydrogen) atoms. The van der Waals surface area contributed by atoms with Crippen LogP contribution >= 0.6 is 11.8 Å². The molecule has 1 saturated heterocycles. The number of amides is 1. The van der Waals surface area contributed by atoms with Crippen molar-refractivity contribution in [1.29, 1.82) is 0 Å². The van der Waals surface area contributed by atoms with Gasteiger partial charge in [0.15, 0.2) is 10.9 Å². The van der Waals surface area contributed by atoms with E-state index in [-0.39, 0.29) is 23.0 Å². The first-order chi connectivity index (χ1) is 16.5. The van der Waals surface area contributed by atoms with Crippen molar-refractivity contribution in [1.82, 2.24) is 14.5 Å². The van der Waals surface area contributed by atoms with E-state index in [0.717, 1.165) is 39.3 Å². The second-order valence-electron chi connectivity index (χ2n) is 8.15. The van der Waals surface area contributed by atoms with E-state index < -0.39 is 0 Å². The number of Topliss-reactive ketones (excluding diaryl/α,β-unsaturated/α-hetero) is 1. The van der Waals surface area contributed by atoms with Gasteiger partial charge in [-0.25, -0.2) is 4.98 Å². The summed E-state index contributed by atoms with van der Waals surface area (Å²) in [5.41, 5.74) is 1.74. The summed E-state index contributed by atoms with van der Waals surface area (Å²) in [6.45, 7) is 6.20. The van der Waals surface area contributed by atoms with Gasteiger partial charge >= 0.3 is 0 Å². The molecule has 2 aromatic carbocycles. The molecule has 0 atom stereocenters. The minimum atomic E-state index is -0.206. The summed E-state index contributed by atoms with van der Waals surface area (Å²) in [7, 11) is 0. The number of nitrogens with zero attached hydrogens (tertiary/aromatic N) is 3. The van der Waals surface area contributed by atoms with Crippen LogP contribution in [0.1, 0.15) is 23.7 Å². The quantitative estimate of drug-likeness (QED) is 0.286. The first-order valence-electron chi connectivity index (χ1n) is 11.3. The van der Waals surface area contributed by atoms with E-state index in [1.807, 2.05) is 18.2 Å². The van der Waals surface area contributed by atoms with E-state index in [1.54, 1.807) is 34.9 Å². The number of carbonyl (C=O) groups excluding carboxylic acids is 2. The maximum Gasteiger partial charge on any atom is 0.262 e. The Morgan fingerprint density at radius 1 is 1.06 bits per heavy atom. The van der Waals surface area contributed by atoms with Crippen molar-refractivity contribution in [2.24, 2.45) is 0 Å². The highest BCUT2D eigenvalue weighted by molar-refractivity contribution is 7.99. The Bertz CT molecular complexity index is 1220. The van der Waals surface area contributed by atoms with Crippen molar-refractivity contribution in [3.63, 3.8) is 0 Å². The molecule has 1 fully saturated rings. The predicted octanol–water partition coefficient (Wildman–Crippen LogP) is 3.05. The lowest BCUT2D eigenvalue weighted by Gasteiger charge is -2.26. The maximum atomic E-state index is 13.2. The van der Waals surface area contributed by atoms with Gasteiger partial charge in [0, 0.05) is 37.4 Å². The Hall–Kier alpha value is -3.01. The van der Waals surface area contributed by atoms with Gasteiger partial charge in [0.05, 0.1) is 29.9 Å². The Morgan fingerprint density at radius 3 is 2.53 bits per heavy atom. The van der Waals surface area contributed by atoms with E-state index in [2.05, 4.69) is 15.2 Å². The van der Waals surface area contributed by atoms with Crippen LogP contribution in [-0.4, -0.2) is 64.7 Å². The second kappa shape index (κ2) is 11.4. The van der Waals surface area contributed by atoms with Gasteiger partial charge in [-0.3, -0.25) is 23.9 Å². The highest BCUT2D eigenvalue weighted by Crippen LogP contribution is 2.19. The van der Waals surface area contributed by atoms with Crippen molar-refractivity contribution in [3.8, 4) is 0 Å². The summed E-state index contributed by atoms with van der Waals surface area (Å²) in [5, 5.41) is 3.94. The first-order valence-corrected chi connectivity index (χ1v) is 12.3. The van der Waals surface area contributed by atoms with E-state index in [4.69, 9.17) is 4.74 Å². The molecule has 0 unspecified atom stereocenters. The standard InChI is InChI=1S/C25H28N4O4S/c1-18(30)19-7-9-20(10-8-19)26-23(31)17-34-25-27-22-6-3-2-5-21(22)24(32)29(25)12-4-11-28-13-15-33-16-14-28/h2-3,5-10H,4,11-17H2,1H3,(H,26,31). The maximum absolute atomic E-state index is 13.2. The molecule has 3 aromatic rings. The van der Waals surface area contributed by atoms with Crippen LogP contribution in [0.15, 0.2) is 58.5 Å². The molecule has 4 rings (SSSR count). The smallest absolute Gasteiger partial charge is 0.262 e. The summed E-state index contributed by atoms with van der Waals surface area (Å²) < 4.78 is 7.08. The van der Waals surface area contributed by atoms with Crippen LogP contribution in [0.2, 0.25) is 0 Å². The van der Waals surface area contributed by atoms with Gasteiger partial charge < -0.3 is 10.1 Å². The number of hydrogen-bond donors (Lipinski definition) is 1. The first kappa shape index (κ1) is 24.1. The Morgan fingerprint density at radius 2 is 1.79 bits per heavy atom. The number of ether oxygens (including phenoxy) is 1. The van der Waals surface area contributed by atoms with E-state index in [1.165, 1.54) is 18.7 Å². The predicted molar refractivity (Wildman–Crippen MR) is 134 cm³/mol. The van der Waals surface area contributed by atoms with Gasteiger partial charge in [0.25, 0.3) is 5.56 Å². The fourth-order valence-electron chi connectivity index (χ4n) is 3.85. The molecule has 1 amide bonds. The minimum Gasteiger partial charge on any atom is -0.379 e. The molecule has 1 N–H and O–H groups in total. The molecule has 0 spiro atoms. The van der Waals surface area contributed by atoms with Crippen LogP contribution in [-0.2, 0) is 16.1 Å². The summed E-state index contributed by atoms with van der Waals surface area (Å²) in [6.07, 6.45) is 0.808. The molecule has 2 heterocycles. The van der Waals surface area contributed by atoms with Crippen LogP contribution in [0.25, 0.3) is 10.9 Å². The fraction of sp³-hybridized carbons (Fsp3) is 0.360. The SMILES string of the molecule is CC(=O)c1ccc(NC(=O)CSc2nc3ccccc3c(=O)n2CCCN2CCOCC2)cc1. The van der Waals surface area contributed by atoms with Crippen molar-refractivity contribution < 1.29 is 14.3 Å². The number of nitrogens with one attached hydrogen (secondary N) is 1. The average molecular weight is 481 g/mol. The number of rotatable bonds is 9. The number of fused-ring (bicyclic) bond motifs is 1. The number of anilines is 1. The average Bonchev–Trinajstić information content (AvgIpc) is 2.85. The molecule has 1 aliphatic rings. The normalized spacial score (nSPS) is 14.3. The molecule has 0 aliphatic carbocycles. The zero-order chi connectivity index (χ0) is 23.9. The van der Waals surface area contributed by atoms with Crippen molar-refractivity contribution in [2.75, 3.05) is 43.9 Å². The number of benzene rings is 2. The van der Waals surface area contributed by atoms with E-state index in [9.17, 15) is 14.4 Å². The van der Waals surface area contributed by atoms with Gasteiger partial charge in [-0.15, -0.1) is 0 Å². The van der Waals surface area contributed by atoms with Crippen LogP contribution in [0, 0.1) is 0 Å². The number of ketones is 1. The van der Waals surface area contributed by atoms with Crippen molar-refractivity contribution in [2.45, 2.75) is 25.0 Å². The Kier molecular flexibility index (Phi) is 8.10. The molecule has 178 valence electrons. The van der Waals surface area contributed by atoms with Gasteiger partial charge in [-0.05, 0) is 49.7 Å². The molecule has 0 radical (unpaired) electrons. The molecule has 8 nitrogen and oxygen atoms in total. The van der Waals surface area contributed by atoms with E-state index >= 15 is 0 Å². The van der Waals surface area contributed by atoms with Gasteiger partial charge in [-0.2, -0.15) is 0 Å². The lowest BCUT2D eigenvalue weighted by Crippen LogP contribution is -2.37. The number of hydrogen-bond acceptors (Lipinski definition) is 7. The van der Waals surface area contributed by atoms with Gasteiger partial charge in [0.2, 0.25) is 5.91 Å². The summed E-state index contributed by atoms with van der Waals surface area (Å²) in [6, 6.07) is 14.1. The third kappa shape index (κ3) is 6.11. The highest BCUT2D eigenvalue weighted by atomic mass is 32.2. The molecule has 9 heteroatoms. The van der Waals surface area contributed by atoms with Crippen LogP contribution in [0.4, 0.5) is 5.69 Å². The number of carbonyl (C=O) groups is 2. The zero-order valence-corrected chi connectivity index (χ0v) is 20.0. The Labute approximate surface area is 202 Å². The monoisotopic (exact) mass is 480 g/mol. The van der Waals surface area contributed by atoms with Crippen LogP contribution < -0.4 is 10.9 Å². The molecular formula is C25H28N4O4S. The van der Waals surface area contributed by atoms with Crippen molar-refractivity contribution >= 4 is 40.0 Å². The lowest BCUT2D eigenvalue weighted by molar-refractivity contribution is -0.113. The molecule has 0 bridgehead atoms. The number of morpholine rings is 1. The van der Waals surface area contributed by atoms with Gasteiger partial charge in [-0.1, -0.05) is 23.9 Å². The number of aromatic nitrogens is 2. The Balaban J connectivity index is 1.45. The minimum absolute atomic E-state index is 0.0256. The number of para-hydroxylation sites is 1. The summed E-state index contributed by atoms with van der Waals surface area (Å²) >= 11 is 1.25. The molecular weight excluding hydrogens is 452 g/mol. The third-order valence-electron chi connectivity index (χ3n) is 5.69. The molecule has 1 aromatic heterocycles. The number of thioether (sulfide) groups is 1. The summed E-state index contributed by atoms with van der Waals surface area (Å²) in [4.78, 5) is 44.2. The zero-order valence-electron chi connectivity index (χ0n) is 19.2. The third-order valence-corrected chi connectivity index (χ3v) is 6.67. The van der Waals surface area contributed by atoms with Gasteiger partial charge in [0.1, 0.15) is 0 Å². The van der Waals surface area contributed by atoms with Crippen LogP contribution in [0.5, 0.6) is 0 Å². The lowest BCUT2D eigenvalue weighted by atomic mass is 10.1. The van der Waals surface area contributed by atoms with Crippen molar-refractivity contribution in [3.05, 3.63) is 64.4 Å². The molecule has 0 saturated carbocycles. The summed E-state index contributed by atoms with van der Waals surface area (Å²) in [5.74, 6) is -0.117. The topological polar surface area (TPSA) is 93.5 Å².